The van der Waals surface area contributed by atoms with Crippen molar-refractivity contribution in [2.75, 3.05) is 40.3 Å². The molecule has 2 rings (SSSR count). The lowest BCUT2D eigenvalue weighted by Crippen LogP contribution is -2.42. The first kappa shape index (κ1) is 16.6. The molecule has 21 heavy (non-hydrogen) atoms. The van der Waals surface area contributed by atoms with Gasteiger partial charge >= 0.3 is 0 Å². The summed E-state index contributed by atoms with van der Waals surface area (Å²) in [6, 6.07) is 8.75. The Kier molecular flexibility index (Phi) is 6.34. The summed E-state index contributed by atoms with van der Waals surface area (Å²) in [5.41, 5.74) is 1.10. The number of hydrogen-bond donors (Lipinski definition) is 0. The van der Waals surface area contributed by atoms with Gasteiger partial charge in [-0.2, -0.15) is 0 Å². The Bertz CT molecular complexity index is 433. The third-order valence-corrected chi connectivity index (χ3v) is 4.69. The maximum atomic E-state index is 6.66. The molecule has 1 fully saturated rings. The molecule has 1 saturated heterocycles. The SMILES string of the molecule is CCOc1ccccc1C(Cl)CN(C)C1CCN(C)CC1. The molecule has 1 atom stereocenters. The van der Waals surface area contributed by atoms with Gasteiger partial charge in [-0.15, -0.1) is 11.6 Å². The van der Waals surface area contributed by atoms with E-state index in [0.29, 0.717) is 12.6 Å². The van der Waals surface area contributed by atoms with Crippen LogP contribution in [0.3, 0.4) is 0 Å². The van der Waals surface area contributed by atoms with Crippen LogP contribution < -0.4 is 4.74 Å². The van der Waals surface area contributed by atoms with Crippen LogP contribution in [0.1, 0.15) is 30.7 Å². The maximum absolute atomic E-state index is 6.66. The van der Waals surface area contributed by atoms with Gasteiger partial charge in [-0.1, -0.05) is 18.2 Å². The van der Waals surface area contributed by atoms with Crippen molar-refractivity contribution in [3.63, 3.8) is 0 Å². The van der Waals surface area contributed by atoms with Gasteiger partial charge in [-0.25, -0.2) is 0 Å². The van der Waals surface area contributed by atoms with E-state index in [9.17, 15) is 0 Å². The highest BCUT2D eigenvalue weighted by atomic mass is 35.5. The zero-order valence-corrected chi connectivity index (χ0v) is 14.1. The van der Waals surface area contributed by atoms with Gasteiger partial charge in [0.25, 0.3) is 0 Å². The predicted octanol–water partition coefficient (Wildman–Crippen LogP) is 3.39. The standard InChI is InChI=1S/C17H27ClN2O/c1-4-21-17-8-6-5-7-15(17)16(18)13-20(3)14-9-11-19(2)12-10-14/h5-8,14,16H,4,9-13H2,1-3H3. The van der Waals surface area contributed by atoms with Gasteiger partial charge in [0.2, 0.25) is 0 Å². The molecule has 0 saturated carbocycles. The summed E-state index contributed by atoms with van der Waals surface area (Å²) in [7, 11) is 4.38. The summed E-state index contributed by atoms with van der Waals surface area (Å²) in [4.78, 5) is 4.81. The minimum Gasteiger partial charge on any atom is -0.494 e. The lowest BCUT2D eigenvalue weighted by molar-refractivity contribution is 0.144. The van der Waals surface area contributed by atoms with E-state index in [4.69, 9.17) is 16.3 Å². The third kappa shape index (κ3) is 4.60. The summed E-state index contributed by atoms with van der Waals surface area (Å²) in [5, 5.41) is -0.0302. The van der Waals surface area contributed by atoms with Gasteiger partial charge in [0.1, 0.15) is 5.75 Å². The van der Waals surface area contributed by atoms with E-state index in [1.54, 1.807) is 0 Å². The molecule has 1 heterocycles. The van der Waals surface area contributed by atoms with E-state index < -0.39 is 0 Å². The topological polar surface area (TPSA) is 15.7 Å². The Balaban J connectivity index is 1.95. The number of piperidine rings is 1. The van der Waals surface area contributed by atoms with Crippen LogP contribution in [-0.2, 0) is 0 Å². The highest BCUT2D eigenvalue weighted by molar-refractivity contribution is 6.21. The van der Waals surface area contributed by atoms with Crippen molar-refractivity contribution >= 4 is 11.6 Å². The zero-order valence-electron chi connectivity index (χ0n) is 13.4. The second-order valence-electron chi connectivity index (χ2n) is 5.91. The monoisotopic (exact) mass is 310 g/mol. The molecule has 0 aromatic heterocycles. The summed E-state index contributed by atoms with van der Waals surface area (Å²) in [5.74, 6) is 0.914. The number of likely N-dealkylation sites (N-methyl/N-ethyl adjacent to an activating group) is 1. The summed E-state index contributed by atoms with van der Waals surface area (Å²) < 4.78 is 5.69. The second-order valence-corrected chi connectivity index (χ2v) is 6.44. The zero-order chi connectivity index (χ0) is 15.2. The minimum absolute atomic E-state index is 0.0302. The summed E-state index contributed by atoms with van der Waals surface area (Å²) in [6.07, 6.45) is 2.45. The molecule has 0 bridgehead atoms. The van der Waals surface area contributed by atoms with Crippen molar-refractivity contribution in [1.82, 2.24) is 9.80 Å². The number of alkyl halides is 1. The molecule has 0 spiro atoms. The van der Waals surface area contributed by atoms with E-state index in [0.717, 1.165) is 17.9 Å². The number of nitrogens with zero attached hydrogens (tertiary/aromatic N) is 2. The van der Waals surface area contributed by atoms with E-state index in [-0.39, 0.29) is 5.38 Å². The molecule has 1 aliphatic heterocycles. The molecule has 4 heteroatoms. The molecule has 118 valence electrons. The molecule has 1 aromatic rings. The van der Waals surface area contributed by atoms with Gasteiger partial charge in [-0.3, -0.25) is 0 Å². The number of ether oxygens (including phenoxy) is 1. The number of likely N-dealkylation sites (tertiary alicyclic amines) is 1. The van der Waals surface area contributed by atoms with Crippen molar-refractivity contribution < 1.29 is 4.74 Å². The van der Waals surface area contributed by atoms with Crippen LogP contribution in [0.5, 0.6) is 5.75 Å². The number of hydrogen-bond acceptors (Lipinski definition) is 3. The molecular weight excluding hydrogens is 284 g/mol. The van der Waals surface area contributed by atoms with Crippen LogP contribution in [-0.4, -0.2) is 56.2 Å². The Hall–Kier alpha value is -0.770. The summed E-state index contributed by atoms with van der Waals surface area (Å²) in [6.45, 7) is 5.89. The van der Waals surface area contributed by atoms with E-state index >= 15 is 0 Å². The average Bonchev–Trinajstić information content (AvgIpc) is 2.48. The van der Waals surface area contributed by atoms with Crippen molar-refractivity contribution in [3.8, 4) is 5.75 Å². The smallest absolute Gasteiger partial charge is 0.124 e. The van der Waals surface area contributed by atoms with E-state index in [2.05, 4.69) is 30.0 Å². The first-order valence-electron chi connectivity index (χ1n) is 7.86. The molecule has 0 N–H and O–H groups in total. The molecule has 1 aromatic carbocycles. The van der Waals surface area contributed by atoms with Gasteiger partial charge < -0.3 is 14.5 Å². The fourth-order valence-electron chi connectivity index (χ4n) is 2.96. The van der Waals surface area contributed by atoms with Crippen LogP contribution in [0.25, 0.3) is 0 Å². The van der Waals surface area contributed by atoms with Crippen molar-refractivity contribution in [2.45, 2.75) is 31.2 Å². The maximum Gasteiger partial charge on any atom is 0.124 e. The molecule has 0 radical (unpaired) electrons. The molecule has 0 aliphatic carbocycles. The first-order chi connectivity index (χ1) is 10.1. The van der Waals surface area contributed by atoms with Gasteiger partial charge in [0.05, 0.1) is 12.0 Å². The Morgan fingerprint density at radius 2 is 2.00 bits per heavy atom. The Labute approximate surface area is 133 Å². The fraction of sp³-hybridized carbons (Fsp3) is 0.647. The predicted molar refractivity (Wildman–Crippen MR) is 89.4 cm³/mol. The minimum atomic E-state index is -0.0302. The van der Waals surface area contributed by atoms with E-state index in [1.165, 1.54) is 25.9 Å². The number of rotatable bonds is 6. The van der Waals surface area contributed by atoms with Crippen molar-refractivity contribution in [1.29, 1.82) is 0 Å². The molecule has 3 nitrogen and oxygen atoms in total. The quantitative estimate of drug-likeness (QED) is 0.749. The fourth-order valence-corrected chi connectivity index (χ4v) is 3.36. The molecular formula is C17H27ClN2O. The second kappa shape index (κ2) is 8.02. The number of para-hydroxylation sites is 1. The highest BCUT2D eigenvalue weighted by Crippen LogP contribution is 2.31. The van der Waals surface area contributed by atoms with Crippen molar-refractivity contribution in [3.05, 3.63) is 29.8 Å². The Morgan fingerprint density at radius 1 is 1.33 bits per heavy atom. The Morgan fingerprint density at radius 3 is 2.67 bits per heavy atom. The summed E-state index contributed by atoms with van der Waals surface area (Å²) >= 11 is 6.66. The lowest BCUT2D eigenvalue weighted by Gasteiger charge is -2.36. The number of halogens is 1. The lowest BCUT2D eigenvalue weighted by atomic mass is 10.0. The molecule has 0 amide bonds. The third-order valence-electron chi connectivity index (χ3n) is 4.32. The molecule has 1 unspecified atom stereocenters. The van der Waals surface area contributed by atoms with Gasteiger partial charge in [0, 0.05) is 18.2 Å². The van der Waals surface area contributed by atoms with Crippen LogP contribution in [0.2, 0.25) is 0 Å². The first-order valence-corrected chi connectivity index (χ1v) is 8.30. The number of benzene rings is 1. The highest BCUT2D eigenvalue weighted by Gasteiger charge is 2.23. The van der Waals surface area contributed by atoms with Crippen LogP contribution >= 0.6 is 11.6 Å². The normalized spacial score (nSPS) is 18.9. The average molecular weight is 311 g/mol. The van der Waals surface area contributed by atoms with E-state index in [1.807, 2.05) is 25.1 Å². The largest absolute Gasteiger partial charge is 0.494 e. The van der Waals surface area contributed by atoms with Gasteiger partial charge in [0.15, 0.2) is 0 Å². The molecule has 1 aliphatic rings. The van der Waals surface area contributed by atoms with Crippen molar-refractivity contribution in [2.24, 2.45) is 0 Å². The van der Waals surface area contributed by atoms with Crippen LogP contribution in [0.4, 0.5) is 0 Å². The van der Waals surface area contributed by atoms with Crippen LogP contribution in [0.15, 0.2) is 24.3 Å². The van der Waals surface area contributed by atoms with Gasteiger partial charge in [-0.05, 0) is 53.0 Å². The van der Waals surface area contributed by atoms with Crippen LogP contribution in [0, 0.1) is 0 Å².